The fraction of sp³-hybridized carbons (Fsp3) is 0.538. The quantitative estimate of drug-likeness (QED) is 0.767. The molecule has 0 radical (unpaired) electrons. The lowest BCUT2D eigenvalue weighted by Gasteiger charge is -2.25. The molecule has 0 unspecified atom stereocenters. The van der Waals surface area contributed by atoms with E-state index < -0.39 is 0 Å². The highest BCUT2D eigenvalue weighted by Gasteiger charge is 2.17. The molecule has 0 heterocycles. The van der Waals surface area contributed by atoms with E-state index in [1.165, 1.54) is 0 Å². The normalized spacial score (nSPS) is 11.5. The highest BCUT2D eigenvalue weighted by molar-refractivity contribution is 6.33. The van der Waals surface area contributed by atoms with Gasteiger partial charge in [-0.05, 0) is 24.0 Å². The third kappa shape index (κ3) is 4.44. The number of hydrogen-bond acceptors (Lipinski definition) is 3. The van der Waals surface area contributed by atoms with Crippen LogP contribution >= 0.6 is 11.6 Å². The molecule has 0 aliphatic heterocycles. The molecule has 3 N–H and O–H groups in total. The van der Waals surface area contributed by atoms with Crippen molar-refractivity contribution < 1.29 is 4.74 Å². The molecule has 0 amide bonds. The number of anilines is 2. The van der Waals surface area contributed by atoms with E-state index in [1.54, 1.807) is 13.2 Å². The molecule has 1 aromatic carbocycles. The Morgan fingerprint density at radius 1 is 1.41 bits per heavy atom. The van der Waals surface area contributed by atoms with Gasteiger partial charge in [-0.2, -0.15) is 0 Å². The van der Waals surface area contributed by atoms with Gasteiger partial charge in [-0.25, -0.2) is 0 Å². The lowest BCUT2D eigenvalue weighted by Crippen LogP contribution is -2.25. The van der Waals surface area contributed by atoms with Crippen LogP contribution in [-0.4, -0.2) is 20.3 Å². The minimum Gasteiger partial charge on any atom is -0.396 e. The van der Waals surface area contributed by atoms with Crippen molar-refractivity contribution in [2.45, 2.75) is 20.3 Å². The summed E-state index contributed by atoms with van der Waals surface area (Å²) in [6.07, 6.45) is 0.997. The summed E-state index contributed by atoms with van der Waals surface area (Å²) in [5.74, 6) is 0. The second-order valence-corrected chi connectivity index (χ2v) is 5.37. The maximum absolute atomic E-state index is 5.96. The Hall–Kier alpha value is -0.930. The molecule has 1 aromatic rings. The van der Waals surface area contributed by atoms with Crippen molar-refractivity contribution in [3.05, 3.63) is 23.2 Å². The van der Waals surface area contributed by atoms with Gasteiger partial charge in [0.25, 0.3) is 0 Å². The molecule has 0 atom stereocenters. The SMILES string of the molecule is COCCC(C)(C)CNc1cccc(Cl)c1N. The highest BCUT2D eigenvalue weighted by atomic mass is 35.5. The largest absolute Gasteiger partial charge is 0.396 e. The smallest absolute Gasteiger partial charge is 0.0739 e. The summed E-state index contributed by atoms with van der Waals surface area (Å²) in [7, 11) is 1.72. The van der Waals surface area contributed by atoms with E-state index in [1.807, 2.05) is 12.1 Å². The Labute approximate surface area is 108 Å². The zero-order valence-electron chi connectivity index (χ0n) is 10.7. The number of nitrogen functional groups attached to an aromatic ring is 1. The molecule has 96 valence electrons. The first-order chi connectivity index (χ1) is 7.96. The van der Waals surface area contributed by atoms with Crippen LogP contribution in [0.4, 0.5) is 11.4 Å². The van der Waals surface area contributed by atoms with Crippen LogP contribution < -0.4 is 11.1 Å². The van der Waals surface area contributed by atoms with Crippen LogP contribution in [0.2, 0.25) is 5.02 Å². The zero-order chi connectivity index (χ0) is 12.9. The number of para-hydroxylation sites is 1. The van der Waals surface area contributed by atoms with Gasteiger partial charge in [0.05, 0.1) is 16.4 Å². The van der Waals surface area contributed by atoms with Crippen molar-refractivity contribution in [1.82, 2.24) is 0 Å². The highest BCUT2D eigenvalue weighted by Crippen LogP contribution is 2.28. The van der Waals surface area contributed by atoms with Gasteiger partial charge in [0.2, 0.25) is 0 Å². The molecule has 1 rings (SSSR count). The average molecular weight is 257 g/mol. The van der Waals surface area contributed by atoms with Gasteiger partial charge in [-0.3, -0.25) is 0 Å². The van der Waals surface area contributed by atoms with Gasteiger partial charge < -0.3 is 15.8 Å². The number of benzene rings is 1. The van der Waals surface area contributed by atoms with Crippen molar-refractivity contribution in [1.29, 1.82) is 0 Å². The van der Waals surface area contributed by atoms with Crippen LogP contribution in [0.1, 0.15) is 20.3 Å². The van der Waals surface area contributed by atoms with Crippen LogP contribution in [0.3, 0.4) is 0 Å². The van der Waals surface area contributed by atoms with Crippen molar-refractivity contribution in [2.24, 2.45) is 5.41 Å². The van der Waals surface area contributed by atoms with Gasteiger partial charge in [-0.15, -0.1) is 0 Å². The number of methoxy groups -OCH3 is 1. The van der Waals surface area contributed by atoms with E-state index >= 15 is 0 Å². The second-order valence-electron chi connectivity index (χ2n) is 4.96. The molecule has 0 spiro atoms. The molecule has 0 saturated heterocycles. The number of nitrogens with one attached hydrogen (secondary N) is 1. The predicted molar refractivity (Wildman–Crippen MR) is 74.6 cm³/mol. The van der Waals surface area contributed by atoms with E-state index in [0.717, 1.165) is 25.3 Å². The summed E-state index contributed by atoms with van der Waals surface area (Å²) in [5, 5.41) is 3.93. The van der Waals surface area contributed by atoms with Crippen molar-refractivity contribution in [3.8, 4) is 0 Å². The van der Waals surface area contributed by atoms with Gasteiger partial charge in [0.15, 0.2) is 0 Å². The average Bonchev–Trinajstić information content (AvgIpc) is 2.29. The van der Waals surface area contributed by atoms with Crippen LogP contribution in [0.5, 0.6) is 0 Å². The summed E-state index contributed by atoms with van der Waals surface area (Å²) in [4.78, 5) is 0. The molecular weight excluding hydrogens is 236 g/mol. The lowest BCUT2D eigenvalue weighted by molar-refractivity contribution is 0.157. The number of halogens is 1. The standard InChI is InChI=1S/C13H21ClN2O/c1-13(2,7-8-17-3)9-16-11-6-4-5-10(14)12(11)15/h4-6,16H,7-9,15H2,1-3H3. The third-order valence-corrected chi connectivity index (χ3v) is 3.12. The summed E-state index contributed by atoms with van der Waals surface area (Å²) < 4.78 is 5.10. The summed E-state index contributed by atoms with van der Waals surface area (Å²) >= 11 is 5.96. The van der Waals surface area contributed by atoms with Gasteiger partial charge in [-0.1, -0.05) is 31.5 Å². The summed E-state index contributed by atoms with van der Waals surface area (Å²) in [6, 6.07) is 5.62. The molecule has 4 heteroatoms. The van der Waals surface area contributed by atoms with E-state index in [-0.39, 0.29) is 5.41 Å². The Morgan fingerprint density at radius 2 is 2.12 bits per heavy atom. The Bertz CT molecular complexity index is 366. The van der Waals surface area contributed by atoms with Crippen LogP contribution in [0.15, 0.2) is 18.2 Å². The Morgan fingerprint density at radius 3 is 2.76 bits per heavy atom. The van der Waals surface area contributed by atoms with Crippen LogP contribution in [-0.2, 0) is 4.74 Å². The topological polar surface area (TPSA) is 47.3 Å². The number of nitrogens with two attached hydrogens (primary N) is 1. The molecule has 0 bridgehead atoms. The van der Waals surface area contributed by atoms with E-state index in [9.17, 15) is 0 Å². The van der Waals surface area contributed by atoms with Gasteiger partial charge >= 0.3 is 0 Å². The number of ether oxygens (including phenoxy) is 1. The Kier molecular flexibility index (Phi) is 5.09. The molecular formula is C13H21ClN2O. The first kappa shape index (κ1) is 14.1. The minimum atomic E-state index is 0.158. The fourth-order valence-corrected chi connectivity index (χ4v) is 1.67. The summed E-state index contributed by atoms with van der Waals surface area (Å²) in [5.41, 5.74) is 7.55. The molecule has 17 heavy (non-hydrogen) atoms. The van der Waals surface area contributed by atoms with Gasteiger partial charge in [0.1, 0.15) is 0 Å². The lowest BCUT2D eigenvalue weighted by atomic mass is 9.89. The Balaban J connectivity index is 2.58. The maximum atomic E-state index is 5.96. The number of rotatable bonds is 6. The predicted octanol–water partition coefficient (Wildman–Crippen LogP) is 3.40. The molecule has 0 aliphatic rings. The van der Waals surface area contributed by atoms with Gasteiger partial charge in [0, 0.05) is 20.3 Å². The van der Waals surface area contributed by atoms with Crippen molar-refractivity contribution in [2.75, 3.05) is 31.3 Å². The van der Waals surface area contributed by atoms with E-state index in [2.05, 4.69) is 19.2 Å². The molecule has 0 saturated carbocycles. The zero-order valence-corrected chi connectivity index (χ0v) is 11.5. The molecule has 0 aromatic heterocycles. The molecule has 3 nitrogen and oxygen atoms in total. The number of hydrogen-bond donors (Lipinski definition) is 2. The van der Waals surface area contributed by atoms with Crippen LogP contribution in [0.25, 0.3) is 0 Å². The fourth-order valence-electron chi connectivity index (χ4n) is 1.49. The first-order valence-electron chi connectivity index (χ1n) is 5.73. The maximum Gasteiger partial charge on any atom is 0.0739 e. The third-order valence-electron chi connectivity index (χ3n) is 2.79. The van der Waals surface area contributed by atoms with E-state index in [0.29, 0.717) is 10.7 Å². The minimum absolute atomic E-state index is 0.158. The second kappa shape index (κ2) is 6.12. The molecule has 0 fully saturated rings. The van der Waals surface area contributed by atoms with Crippen molar-refractivity contribution >= 4 is 23.0 Å². The molecule has 0 aliphatic carbocycles. The first-order valence-corrected chi connectivity index (χ1v) is 6.11. The van der Waals surface area contributed by atoms with E-state index in [4.69, 9.17) is 22.1 Å². The monoisotopic (exact) mass is 256 g/mol. The summed E-state index contributed by atoms with van der Waals surface area (Å²) in [6.45, 7) is 5.99. The van der Waals surface area contributed by atoms with Crippen LogP contribution in [0, 0.1) is 5.41 Å². The van der Waals surface area contributed by atoms with Crippen molar-refractivity contribution in [3.63, 3.8) is 0 Å².